The minimum atomic E-state index is 0.344. The Bertz CT molecular complexity index is 114. The molecule has 1 heteroatoms. The molecule has 0 unspecified atom stereocenters. The van der Waals surface area contributed by atoms with E-state index in [1.54, 1.807) is 0 Å². The zero-order valence-corrected chi connectivity index (χ0v) is 11.2. The van der Waals surface area contributed by atoms with Gasteiger partial charge in [0.2, 0.25) is 0 Å². The van der Waals surface area contributed by atoms with Gasteiger partial charge in [-0.2, -0.15) is 12.6 Å². The molecule has 0 atom stereocenters. The van der Waals surface area contributed by atoms with Crippen LogP contribution in [0.15, 0.2) is 0 Å². The van der Waals surface area contributed by atoms with E-state index in [4.69, 9.17) is 12.6 Å². The highest BCUT2D eigenvalue weighted by Gasteiger charge is 2.22. The van der Waals surface area contributed by atoms with Crippen molar-refractivity contribution < 1.29 is 0 Å². The molecule has 0 radical (unpaired) electrons. The fraction of sp³-hybridized carbons (Fsp3) is 1.00. The summed E-state index contributed by atoms with van der Waals surface area (Å²) in [7, 11) is 0. The second-order valence-corrected chi connectivity index (χ2v) is 5.48. The molecule has 0 N–H and O–H groups in total. The van der Waals surface area contributed by atoms with Gasteiger partial charge in [-0.3, -0.25) is 0 Å². The fourth-order valence-corrected chi connectivity index (χ4v) is 2.79. The Balaban J connectivity index is 3.71. The number of rotatable bonds is 9. The van der Waals surface area contributed by atoms with Crippen LogP contribution in [0.1, 0.15) is 78.6 Å². The first kappa shape index (κ1) is 14.3. The van der Waals surface area contributed by atoms with Gasteiger partial charge in [0.25, 0.3) is 0 Å². The van der Waals surface area contributed by atoms with Crippen molar-refractivity contribution in [2.24, 2.45) is 0 Å². The van der Waals surface area contributed by atoms with Crippen molar-refractivity contribution in [3.8, 4) is 0 Å². The maximum absolute atomic E-state index is 4.88. The van der Waals surface area contributed by atoms with Crippen LogP contribution in [0.5, 0.6) is 0 Å². The van der Waals surface area contributed by atoms with E-state index in [0.717, 1.165) is 0 Å². The van der Waals surface area contributed by atoms with Crippen molar-refractivity contribution in [3.05, 3.63) is 0 Å². The molecule has 0 aromatic rings. The first-order chi connectivity index (χ1) is 6.68. The van der Waals surface area contributed by atoms with Gasteiger partial charge in [-0.1, -0.05) is 59.3 Å². The van der Waals surface area contributed by atoms with E-state index in [1.165, 1.54) is 57.8 Å². The Morgan fingerprint density at radius 3 is 1.71 bits per heavy atom. The summed E-state index contributed by atoms with van der Waals surface area (Å²) >= 11 is 4.88. The predicted octanol–water partition coefficient (Wildman–Crippen LogP) is 5.23. The smallest absolute Gasteiger partial charge is 0.0129 e. The van der Waals surface area contributed by atoms with Gasteiger partial charge in [-0.05, 0) is 19.3 Å². The highest BCUT2D eigenvalue weighted by molar-refractivity contribution is 7.81. The Labute approximate surface area is 96.3 Å². The third-order valence-corrected chi connectivity index (χ3v) is 3.60. The first-order valence-corrected chi connectivity index (χ1v) is 6.85. The normalized spacial score (nSPS) is 12.0. The van der Waals surface area contributed by atoms with Crippen molar-refractivity contribution >= 4 is 12.6 Å². The number of thiol groups is 1. The minimum Gasteiger partial charge on any atom is -0.173 e. The predicted molar refractivity (Wildman–Crippen MR) is 70.3 cm³/mol. The van der Waals surface area contributed by atoms with Crippen LogP contribution in [-0.4, -0.2) is 4.75 Å². The van der Waals surface area contributed by atoms with Gasteiger partial charge < -0.3 is 0 Å². The third-order valence-electron chi connectivity index (χ3n) is 2.93. The Morgan fingerprint density at radius 1 is 0.714 bits per heavy atom. The lowest BCUT2D eigenvalue weighted by Gasteiger charge is -2.28. The molecule has 0 aliphatic heterocycles. The van der Waals surface area contributed by atoms with E-state index in [0.29, 0.717) is 4.75 Å². The van der Waals surface area contributed by atoms with Crippen LogP contribution in [0.2, 0.25) is 0 Å². The molecule has 0 aliphatic rings. The van der Waals surface area contributed by atoms with Crippen molar-refractivity contribution in [1.29, 1.82) is 0 Å². The fourth-order valence-electron chi connectivity index (χ4n) is 2.19. The summed E-state index contributed by atoms with van der Waals surface area (Å²) in [4.78, 5) is 0. The molecule has 0 bridgehead atoms. The summed E-state index contributed by atoms with van der Waals surface area (Å²) in [5, 5.41) is 0. The van der Waals surface area contributed by atoms with Crippen LogP contribution in [-0.2, 0) is 0 Å². The largest absolute Gasteiger partial charge is 0.173 e. The topological polar surface area (TPSA) is 0 Å². The molecule has 0 saturated carbocycles. The molecular formula is C13H28S. The lowest BCUT2D eigenvalue weighted by Crippen LogP contribution is -2.20. The minimum absolute atomic E-state index is 0.344. The van der Waals surface area contributed by atoms with E-state index < -0.39 is 0 Å². The van der Waals surface area contributed by atoms with Crippen molar-refractivity contribution in [2.75, 3.05) is 0 Å². The summed E-state index contributed by atoms with van der Waals surface area (Å²) in [6, 6.07) is 0. The van der Waals surface area contributed by atoms with Gasteiger partial charge in [0.15, 0.2) is 0 Å². The molecule has 0 fully saturated rings. The van der Waals surface area contributed by atoms with E-state index in [2.05, 4.69) is 20.8 Å². The van der Waals surface area contributed by atoms with Gasteiger partial charge in [0.05, 0.1) is 0 Å². The summed E-state index contributed by atoms with van der Waals surface area (Å²) < 4.78 is 0.344. The lowest BCUT2D eigenvalue weighted by molar-refractivity contribution is 0.438. The second-order valence-electron chi connectivity index (χ2n) is 4.54. The Kier molecular flexibility index (Phi) is 8.86. The molecule has 86 valence electrons. The molecule has 0 heterocycles. The average Bonchev–Trinajstić information content (AvgIpc) is 2.13. The zero-order valence-electron chi connectivity index (χ0n) is 10.3. The summed E-state index contributed by atoms with van der Waals surface area (Å²) in [6.07, 6.45) is 11.9. The van der Waals surface area contributed by atoms with Crippen molar-refractivity contribution in [2.45, 2.75) is 83.3 Å². The highest BCUT2D eigenvalue weighted by atomic mass is 32.1. The Morgan fingerprint density at radius 2 is 1.29 bits per heavy atom. The molecule has 0 rings (SSSR count). The molecule has 14 heavy (non-hydrogen) atoms. The van der Waals surface area contributed by atoms with E-state index in [-0.39, 0.29) is 0 Å². The van der Waals surface area contributed by atoms with Gasteiger partial charge >= 0.3 is 0 Å². The molecule has 0 spiro atoms. The molecular weight excluding hydrogens is 188 g/mol. The van der Waals surface area contributed by atoms with Crippen LogP contribution in [0.3, 0.4) is 0 Å². The van der Waals surface area contributed by atoms with E-state index in [9.17, 15) is 0 Å². The highest BCUT2D eigenvalue weighted by Crippen LogP contribution is 2.32. The van der Waals surface area contributed by atoms with Crippen molar-refractivity contribution in [1.82, 2.24) is 0 Å². The van der Waals surface area contributed by atoms with Gasteiger partial charge in [0.1, 0.15) is 0 Å². The monoisotopic (exact) mass is 216 g/mol. The van der Waals surface area contributed by atoms with Gasteiger partial charge in [-0.25, -0.2) is 0 Å². The second kappa shape index (κ2) is 8.64. The summed E-state index contributed by atoms with van der Waals surface area (Å²) in [5.74, 6) is 0. The van der Waals surface area contributed by atoms with Crippen LogP contribution in [0.4, 0.5) is 0 Å². The average molecular weight is 216 g/mol. The SMILES string of the molecule is CCCCCCC(S)(CCC)CCC. The van der Waals surface area contributed by atoms with Crippen LogP contribution in [0.25, 0.3) is 0 Å². The summed E-state index contributed by atoms with van der Waals surface area (Å²) in [5.41, 5.74) is 0. The van der Waals surface area contributed by atoms with E-state index in [1.807, 2.05) is 0 Å². The molecule has 0 amide bonds. The number of hydrogen-bond donors (Lipinski definition) is 1. The molecule has 0 nitrogen and oxygen atoms in total. The molecule has 0 aromatic carbocycles. The molecule has 0 aromatic heterocycles. The number of unbranched alkanes of at least 4 members (excludes halogenated alkanes) is 3. The summed E-state index contributed by atoms with van der Waals surface area (Å²) in [6.45, 7) is 6.81. The number of hydrogen-bond acceptors (Lipinski definition) is 1. The Hall–Kier alpha value is 0.350. The van der Waals surface area contributed by atoms with Crippen LogP contribution >= 0.6 is 12.6 Å². The molecule has 0 saturated heterocycles. The third kappa shape index (κ3) is 6.75. The van der Waals surface area contributed by atoms with Crippen LogP contribution < -0.4 is 0 Å². The lowest BCUT2D eigenvalue weighted by atomic mass is 9.91. The van der Waals surface area contributed by atoms with Gasteiger partial charge in [0, 0.05) is 4.75 Å². The van der Waals surface area contributed by atoms with Crippen molar-refractivity contribution in [3.63, 3.8) is 0 Å². The van der Waals surface area contributed by atoms with E-state index >= 15 is 0 Å². The van der Waals surface area contributed by atoms with Gasteiger partial charge in [-0.15, -0.1) is 0 Å². The molecule has 0 aliphatic carbocycles. The quantitative estimate of drug-likeness (QED) is 0.396. The zero-order chi connectivity index (χ0) is 10.9. The maximum Gasteiger partial charge on any atom is 0.0129 e. The maximum atomic E-state index is 4.88. The first-order valence-electron chi connectivity index (χ1n) is 6.41. The standard InChI is InChI=1S/C13H28S/c1-4-7-8-9-12-13(14,10-5-2)11-6-3/h14H,4-12H2,1-3H3. The van der Waals surface area contributed by atoms with Crippen LogP contribution in [0, 0.1) is 0 Å².